The van der Waals surface area contributed by atoms with Crippen molar-refractivity contribution in [3.05, 3.63) is 69.2 Å². The number of carbonyl (C=O) groups is 2. The standard InChI is InChI=1S/C30H36BrNO3/c1-35-30(34)25-16-19-27-24(21-25)12-8-13-28(27)32(29(33)23-10-5-2-6-11-23)20-7-3-4-9-22-14-17-26(31)18-15-22/h8,12-15,17-18,21,23H,2-7,9-11,16,19-20H2,1H3. The molecule has 0 saturated heterocycles. The summed E-state index contributed by atoms with van der Waals surface area (Å²) < 4.78 is 6.05. The molecule has 5 heteroatoms. The van der Waals surface area contributed by atoms with Crippen molar-refractivity contribution in [1.29, 1.82) is 0 Å². The predicted octanol–water partition coefficient (Wildman–Crippen LogP) is 7.28. The third-order valence-electron chi connectivity index (χ3n) is 7.38. The van der Waals surface area contributed by atoms with Crippen molar-refractivity contribution < 1.29 is 14.3 Å². The van der Waals surface area contributed by atoms with E-state index >= 15 is 0 Å². The van der Waals surface area contributed by atoms with Crippen molar-refractivity contribution in [2.24, 2.45) is 5.92 Å². The zero-order chi connectivity index (χ0) is 24.6. The molecule has 0 aliphatic heterocycles. The van der Waals surface area contributed by atoms with Gasteiger partial charge in [0.15, 0.2) is 0 Å². The summed E-state index contributed by atoms with van der Waals surface area (Å²) >= 11 is 3.50. The van der Waals surface area contributed by atoms with Crippen LogP contribution >= 0.6 is 15.9 Å². The second kappa shape index (κ2) is 12.5. The Bertz CT molecular complexity index is 1050. The Balaban J connectivity index is 1.48. The minimum Gasteiger partial charge on any atom is -0.466 e. The van der Waals surface area contributed by atoms with E-state index in [1.807, 2.05) is 18.2 Å². The van der Waals surface area contributed by atoms with Gasteiger partial charge in [-0.1, -0.05) is 65.9 Å². The fraction of sp³-hybridized carbons (Fsp3) is 0.467. The number of hydrogen-bond donors (Lipinski definition) is 0. The Morgan fingerprint density at radius 1 is 0.971 bits per heavy atom. The molecular weight excluding hydrogens is 502 g/mol. The Kier molecular flexibility index (Phi) is 9.19. The van der Waals surface area contributed by atoms with Crippen LogP contribution in [0.5, 0.6) is 0 Å². The number of anilines is 1. The molecule has 2 aliphatic carbocycles. The lowest BCUT2D eigenvalue weighted by Gasteiger charge is -2.32. The maximum Gasteiger partial charge on any atom is 0.333 e. The van der Waals surface area contributed by atoms with E-state index in [1.54, 1.807) is 0 Å². The molecule has 2 aromatic carbocycles. The first-order valence-corrected chi connectivity index (χ1v) is 13.8. The number of esters is 1. The fourth-order valence-electron chi connectivity index (χ4n) is 5.41. The molecule has 4 nitrogen and oxygen atoms in total. The minimum atomic E-state index is -0.262. The summed E-state index contributed by atoms with van der Waals surface area (Å²) in [6.45, 7) is 0.750. The molecule has 186 valence electrons. The first-order chi connectivity index (χ1) is 17.1. The van der Waals surface area contributed by atoms with Gasteiger partial charge in [0.25, 0.3) is 0 Å². The van der Waals surface area contributed by atoms with Gasteiger partial charge in [0.2, 0.25) is 5.91 Å². The van der Waals surface area contributed by atoms with Crippen LogP contribution in [-0.4, -0.2) is 25.5 Å². The maximum absolute atomic E-state index is 13.8. The summed E-state index contributed by atoms with van der Waals surface area (Å²) in [5, 5.41) is 0. The van der Waals surface area contributed by atoms with Gasteiger partial charge < -0.3 is 9.64 Å². The van der Waals surface area contributed by atoms with E-state index in [2.05, 4.69) is 51.2 Å². The van der Waals surface area contributed by atoms with E-state index in [-0.39, 0.29) is 17.8 Å². The lowest BCUT2D eigenvalue weighted by atomic mass is 9.87. The Morgan fingerprint density at radius 3 is 2.49 bits per heavy atom. The van der Waals surface area contributed by atoms with Gasteiger partial charge in [-0.2, -0.15) is 0 Å². The third-order valence-corrected chi connectivity index (χ3v) is 7.91. The van der Waals surface area contributed by atoms with Crippen molar-refractivity contribution >= 4 is 39.6 Å². The van der Waals surface area contributed by atoms with Gasteiger partial charge in [-0.3, -0.25) is 4.79 Å². The highest BCUT2D eigenvalue weighted by atomic mass is 79.9. The van der Waals surface area contributed by atoms with Crippen LogP contribution < -0.4 is 4.90 Å². The lowest BCUT2D eigenvalue weighted by molar-refractivity contribution is -0.136. The number of ether oxygens (including phenoxy) is 1. The molecule has 2 aromatic rings. The number of fused-ring (bicyclic) bond motifs is 1. The van der Waals surface area contributed by atoms with E-state index in [1.165, 1.54) is 24.7 Å². The molecule has 35 heavy (non-hydrogen) atoms. The van der Waals surface area contributed by atoms with Gasteiger partial charge in [-0.05, 0) is 85.9 Å². The number of unbranched alkanes of at least 4 members (excludes halogenated alkanes) is 2. The van der Waals surface area contributed by atoms with E-state index in [4.69, 9.17) is 4.74 Å². The average molecular weight is 539 g/mol. The molecule has 1 fully saturated rings. The number of hydrogen-bond acceptors (Lipinski definition) is 3. The van der Waals surface area contributed by atoms with Gasteiger partial charge in [0, 0.05) is 28.2 Å². The molecule has 1 amide bonds. The second-order valence-corrected chi connectivity index (χ2v) is 10.7. The van der Waals surface area contributed by atoms with E-state index in [0.717, 1.165) is 80.1 Å². The number of rotatable bonds is 9. The second-order valence-electron chi connectivity index (χ2n) is 9.77. The van der Waals surface area contributed by atoms with E-state index < -0.39 is 0 Å². The SMILES string of the molecule is COC(=O)C1=Cc2cccc(N(CCCCCc3ccc(Br)cc3)C(=O)C3CCCCC3)c2CC1. The van der Waals surface area contributed by atoms with Gasteiger partial charge in [-0.15, -0.1) is 0 Å². The highest BCUT2D eigenvalue weighted by Gasteiger charge is 2.29. The minimum absolute atomic E-state index is 0.132. The summed E-state index contributed by atoms with van der Waals surface area (Å²) in [7, 11) is 1.43. The zero-order valence-electron chi connectivity index (χ0n) is 20.7. The highest BCUT2D eigenvalue weighted by Crippen LogP contribution is 2.35. The first kappa shape index (κ1) is 25.7. The van der Waals surface area contributed by atoms with E-state index in [9.17, 15) is 9.59 Å². The van der Waals surface area contributed by atoms with Crippen LogP contribution in [0.4, 0.5) is 5.69 Å². The summed E-state index contributed by atoms with van der Waals surface area (Å²) in [6, 6.07) is 14.7. The summed E-state index contributed by atoms with van der Waals surface area (Å²) in [5.74, 6) is 0.155. The number of benzene rings is 2. The van der Waals surface area contributed by atoms with Gasteiger partial charge in [-0.25, -0.2) is 4.79 Å². The summed E-state index contributed by atoms with van der Waals surface area (Å²) in [4.78, 5) is 27.9. The number of nitrogens with zero attached hydrogens (tertiary/aromatic N) is 1. The van der Waals surface area contributed by atoms with E-state index in [0.29, 0.717) is 12.0 Å². The molecule has 2 aliphatic rings. The number of carbonyl (C=O) groups excluding carboxylic acids is 2. The monoisotopic (exact) mass is 537 g/mol. The number of methoxy groups -OCH3 is 1. The van der Waals surface area contributed by atoms with Gasteiger partial charge in [0.1, 0.15) is 0 Å². The Hall–Kier alpha value is -2.40. The van der Waals surface area contributed by atoms with Crippen LogP contribution in [0, 0.1) is 5.92 Å². The van der Waals surface area contributed by atoms with Crippen LogP contribution in [0.15, 0.2) is 52.5 Å². The molecule has 0 atom stereocenters. The largest absolute Gasteiger partial charge is 0.466 e. The predicted molar refractivity (Wildman–Crippen MR) is 145 cm³/mol. The van der Waals surface area contributed by atoms with Crippen LogP contribution in [0.2, 0.25) is 0 Å². The molecule has 1 saturated carbocycles. The van der Waals surface area contributed by atoms with Crippen molar-refractivity contribution in [2.45, 2.75) is 70.6 Å². The van der Waals surface area contributed by atoms with Crippen molar-refractivity contribution in [1.82, 2.24) is 0 Å². The van der Waals surface area contributed by atoms with Crippen molar-refractivity contribution in [3.8, 4) is 0 Å². The fourth-order valence-corrected chi connectivity index (χ4v) is 5.67. The molecular formula is C30H36BrNO3. The molecule has 0 heterocycles. The van der Waals surface area contributed by atoms with Crippen LogP contribution in [0.3, 0.4) is 0 Å². The average Bonchev–Trinajstić information content (AvgIpc) is 2.91. The maximum atomic E-state index is 13.8. The molecule has 0 unspecified atom stereocenters. The summed E-state index contributed by atoms with van der Waals surface area (Å²) in [6.07, 6.45) is 13.1. The lowest BCUT2D eigenvalue weighted by Crippen LogP contribution is -2.38. The van der Waals surface area contributed by atoms with Crippen LogP contribution in [0.1, 0.15) is 74.5 Å². The number of halogens is 1. The van der Waals surface area contributed by atoms with Gasteiger partial charge in [0.05, 0.1) is 7.11 Å². The summed E-state index contributed by atoms with van der Waals surface area (Å²) in [5.41, 5.74) is 5.31. The first-order valence-electron chi connectivity index (χ1n) is 13.0. The number of amides is 1. The Morgan fingerprint density at radius 2 is 1.74 bits per heavy atom. The molecule has 0 bridgehead atoms. The topological polar surface area (TPSA) is 46.6 Å². The third kappa shape index (κ3) is 6.63. The molecule has 0 radical (unpaired) electrons. The van der Waals surface area contributed by atoms with Crippen LogP contribution in [0.25, 0.3) is 6.08 Å². The van der Waals surface area contributed by atoms with Crippen molar-refractivity contribution in [3.63, 3.8) is 0 Å². The molecule has 0 N–H and O–H groups in total. The smallest absolute Gasteiger partial charge is 0.333 e. The normalized spacial score (nSPS) is 15.8. The van der Waals surface area contributed by atoms with Crippen molar-refractivity contribution in [2.75, 3.05) is 18.6 Å². The molecule has 0 aromatic heterocycles. The highest BCUT2D eigenvalue weighted by molar-refractivity contribution is 9.10. The number of aryl methyl sites for hydroxylation is 1. The van der Waals surface area contributed by atoms with Crippen LogP contribution in [-0.2, 0) is 27.2 Å². The Labute approximate surface area is 217 Å². The molecule has 4 rings (SSSR count). The zero-order valence-corrected chi connectivity index (χ0v) is 22.3. The quantitative estimate of drug-likeness (QED) is 0.249. The molecule has 0 spiro atoms. The van der Waals surface area contributed by atoms with Gasteiger partial charge >= 0.3 is 5.97 Å².